The number of amides is 3. The third kappa shape index (κ3) is 2.75. The minimum atomic E-state index is -1.37. The van der Waals surface area contributed by atoms with Gasteiger partial charge in [0.25, 0.3) is 5.91 Å². The molecule has 1 saturated carbocycles. The normalized spacial score (nSPS) is 27.0. The highest BCUT2D eigenvalue weighted by atomic mass is 16.5. The van der Waals surface area contributed by atoms with E-state index in [1.165, 1.54) is 0 Å². The number of carboxylic acid groups (broad SMARTS) is 2. The lowest BCUT2D eigenvalue weighted by atomic mass is 10.2. The summed E-state index contributed by atoms with van der Waals surface area (Å²) in [5, 5.41) is 19.7. The Hall–Kier alpha value is -2.36. The number of Topliss-reactive ketones (excluding diaryl/α,β-unsaturated/α-hetero) is 1. The number of fused-ring (bicyclic) bond motifs is 2. The number of hydrogen-bond donors (Lipinski definition) is 3. The molecule has 2 fully saturated rings. The lowest BCUT2D eigenvalue weighted by Crippen LogP contribution is -2.56. The van der Waals surface area contributed by atoms with Gasteiger partial charge in [0.05, 0.1) is 24.8 Å². The number of carbonyl (C=O) groups is 4. The largest absolute Gasteiger partial charge is 0.464 e. The number of hydrazine groups is 1. The second kappa shape index (κ2) is 5.56. The standard InChI is InChI=1S/C11H15N3O7/c12-9(16)7(15)1-2-21-8-4-5-3-6(8)14(11(19)20)13(5)10(17)18/h5-6,8H,1-4H2,(H2,12,16)(H,17,18)(H,19,20). The summed E-state index contributed by atoms with van der Waals surface area (Å²) in [7, 11) is 0. The molecule has 0 spiro atoms. The van der Waals surface area contributed by atoms with Gasteiger partial charge in [0.15, 0.2) is 0 Å². The number of carbonyl (C=O) groups excluding carboxylic acids is 2. The summed E-state index contributed by atoms with van der Waals surface area (Å²) in [6, 6.07) is -1.06. The Balaban J connectivity index is 1.94. The number of nitrogens with zero attached hydrogens (tertiary/aromatic N) is 2. The Labute approximate surface area is 119 Å². The Morgan fingerprint density at radius 2 is 1.71 bits per heavy atom. The molecule has 1 aliphatic carbocycles. The molecule has 0 aromatic carbocycles. The van der Waals surface area contributed by atoms with Gasteiger partial charge in [-0.15, -0.1) is 0 Å². The molecule has 21 heavy (non-hydrogen) atoms. The molecule has 0 aromatic rings. The number of ketones is 1. The van der Waals surface area contributed by atoms with Gasteiger partial charge in [-0.3, -0.25) is 9.59 Å². The molecule has 1 heterocycles. The number of nitrogens with two attached hydrogens (primary N) is 1. The third-order valence-corrected chi connectivity index (χ3v) is 3.67. The van der Waals surface area contributed by atoms with E-state index in [0.717, 1.165) is 10.0 Å². The van der Waals surface area contributed by atoms with Crippen molar-refractivity contribution in [2.45, 2.75) is 37.5 Å². The van der Waals surface area contributed by atoms with Gasteiger partial charge in [0.2, 0.25) is 5.78 Å². The highest BCUT2D eigenvalue weighted by molar-refractivity contribution is 6.35. The predicted octanol–water partition coefficient (Wildman–Crippen LogP) is -0.764. The van der Waals surface area contributed by atoms with Crippen LogP contribution in [-0.2, 0) is 14.3 Å². The van der Waals surface area contributed by atoms with E-state index in [0.29, 0.717) is 12.8 Å². The van der Waals surface area contributed by atoms with Gasteiger partial charge in [-0.2, -0.15) is 0 Å². The number of rotatable bonds is 5. The van der Waals surface area contributed by atoms with Crippen molar-refractivity contribution in [3.63, 3.8) is 0 Å². The van der Waals surface area contributed by atoms with Crippen LogP contribution in [0.25, 0.3) is 0 Å². The van der Waals surface area contributed by atoms with E-state index in [1.54, 1.807) is 0 Å². The maximum Gasteiger partial charge on any atom is 0.426 e. The van der Waals surface area contributed by atoms with Crippen molar-refractivity contribution in [2.75, 3.05) is 6.61 Å². The number of ether oxygens (including phenoxy) is 1. The van der Waals surface area contributed by atoms with E-state index < -0.39 is 42.1 Å². The SMILES string of the molecule is NC(=O)C(=O)CCOC1CC2CC1N(C(=O)O)N2C(=O)O. The minimum absolute atomic E-state index is 0.0593. The number of hydrogen-bond acceptors (Lipinski definition) is 5. The van der Waals surface area contributed by atoms with Crippen LogP contribution >= 0.6 is 0 Å². The van der Waals surface area contributed by atoms with E-state index in [-0.39, 0.29) is 13.0 Å². The minimum Gasteiger partial charge on any atom is -0.464 e. The summed E-state index contributed by atoms with van der Waals surface area (Å²) in [4.78, 5) is 43.9. The van der Waals surface area contributed by atoms with Crippen molar-refractivity contribution in [3.8, 4) is 0 Å². The summed E-state index contributed by atoms with van der Waals surface area (Å²) < 4.78 is 5.41. The van der Waals surface area contributed by atoms with Crippen molar-refractivity contribution in [1.82, 2.24) is 10.0 Å². The van der Waals surface area contributed by atoms with E-state index in [9.17, 15) is 19.2 Å². The first-order valence-corrected chi connectivity index (χ1v) is 6.31. The fraction of sp³-hybridized carbons (Fsp3) is 0.636. The Bertz CT molecular complexity index is 494. The lowest BCUT2D eigenvalue weighted by Gasteiger charge is -2.37. The number of primary amides is 1. The van der Waals surface area contributed by atoms with E-state index >= 15 is 0 Å². The topological polar surface area (TPSA) is 150 Å². The van der Waals surface area contributed by atoms with Crippen molar-refractivity contribution in [3.05, 3.63) is 0 Å². The molecule has 3 unspecified atom stereocenters. The van der Waals surface area contributed by atoms with E-state index in [1.807, 2.05) is 0 Å². The molecule has 116 valence electrons. The maximum absolute atomic E-state index is 11.2. The zero-order valence-electron chi connectivity index (χ0n) is 11.0. The Morgan fingerprint density at radius 1 is 1.10 bits per heavy atom. The highest BCUT2D eigenvalue weighted by Crippen LogP contribution is 2.39. The van der Waals surface area contributed by atoms with Gasteiger partial charge in [-0.05, 0) is 12.8 Å². The van der Waals surface area contributed by atoms with Gasteiger partial charge in [-0.25, -0.2) is 19.6 Å². The molecular weight excluding hydrogens is 286 g/mol. The smallest absolute Gasteiger partial charge is 0.426 e. The van der Waals surface area contributed by atoms with Crippen molar-refractivity contribution in [1.29, 1.82) is 0 Å². The molecule has 1 saturated heterocycles. The predicted molar refractivity (Wildman–Crippen MR) is 65.1 cm³/mol. The van der Waals surface area contributed by atoms with Gasteiger partial charge in [0, 0.05) is 6.42 Å². The maximum atomic E-state index is 11.2. The summed E-state index contributed by atoms with van der Waals surface area (Å²) in [6.45, 7) is -0.0593. The molecule has 10 nitrogen and oxygen atoms in total. The van der Waals surface area contributed by atoms with Gasteiger partial charge >= 0.3 is 12.2 Å². The van der Waals surface area contributed by atoms with Crippen molar-refractivity contribution in [2.24, 2.45) is 5.73 Å². The van der Waals surface area contributed by atoms with Gasteiger partial charge < -0.3 is 20.7 Å². The third-order valence-electron chi connectivity index (χ3n) is 3.67. The van der Waals surface area contributed by atoms with Crippen molar-refractivity contribution >= 4 is 23.9 Å². The first-order valence-electron chi connectivity index (χ1n) is 6.31. The lowest BCUT2D eigenvalue weighted by molar-refractivity contribution is -0.137. The summed E-state index contributed by atoms with van der Waals surface area (Å²) in [5.74, 6) is -1.81. The zero-order valence-corrected chi connectivity index (χ0v) is 11.0. The van der Waals surface area contributed by atoms with Crippen LogP contribution < -0.4 is 5.73 Å². The molecule has 10 heteroatoms. The van der Waals surface area contributed by atoms with Crippen molar-refractivity contribution < 1.29 is 34.1 Å². The fourth-order valence-corrected chi connectivity index (χ4v) is 2.83. The molecular formula is C11H15N3O7. The molecule has 2 rings (SSSR count). The molecule has 0 aromatic heterocycles. The first-order chi connectivity index (χ1) is 9.82. The second-order valence-electron chi connectivity index (χ2n) is 4.89. The van der Waals surface area contributed by atoms with Gasteiger partial charge in [-0.1, -0.05) is 0 Å². The molecule has 3 atom stereocenters. The molecule has 0 radical (unpaired) electrons. The molecule has 1 aliphatic heterocycles. The molecule has 3 amide bonds. The van der Waals surface area contributed by atoms with Crippen LogP contribution in [0.15, 0.2) is 0 Å². The van der Waals surface area contributed by atoms with Crippen LogP contribution in [0, 0.1) is 0 Å². The molecule has 2 aliphatic rings. The zero-order chi connectivity index (χ0) is 15.7. The van der Waals surface area contributed by atoms with Crippen LogP contribution in [0.1, 0.15) is 19.3 Å². The monoisotopic (exact) mass is 301 g/mol. The highest BCUT2D eigenvalue weighted by Gasteiger charge is 2.55. The Morgan fingerprint density at radius 3 is 2.24 bits per heavy atom. The molecule has 2 bridgehead atoms. The second-order valence-corrected chi connectivity index (χ2v) is 4.89. The quantitative estimate of drug-likeness (QED) is 0.564. The molecule has 4 N–H and O–H groups in total. The van der Waals surface area contributed by atoms with E-state index in [2.05, 4.69) is 0 Å². The van der Waals surface area contributed by atoms with Crippen LogP contribution in [0.4, 0.5) is 9.59 Å². The summed E-state index contributed by atoms with van der Waals surface area (Å²) in [6.07, 6.45) is -2.67. The fourth-order valence-electron chi connectivity index (χ4n) is 2.83. The average molecular weight is 301 g/mol. The van der Waals surface area contributed by atoms with Crippen LogP contribution in [-0.4, -0.2) is 68.9 Å². The first kappa shape index (κ1) is 15.0. The summed E-state index contributed by atoms with van der Waals surface area (Å²) in [5.41, 5.74) is 4.80. The van der Waals surface area contributed by atoms with Crippen LogP contribution in [0.2, 0.25) is 0 Å². The van der Waals surface area contributed by atoms with Crippen LogP contribution in [0.3, 0.4) is 0 Å². The van der Waals surface area contributed by atoms with E-state index in [4.69, 9.17) is 20.7 Å². The average Bonchev–Trinajstić information content (AvgIpc) is 2.95. The Kier molecular flexibility index (Phi) is 3.98. The summed E-state index contributed by atoms with van der Waals surface area (Å²) >= 11 is 0. The van der Waals surface area contributed by atoms with Crippen LogP contribution in [0.5, 0.6) is 0 Å². The van der Waals surface area contributed by atoms with Gasteiger partial charge in [0.1, 0.15) is 0 Å².